The van der Waals surface area contributed by atoms with Gasteiger partial charge in [0.15, 0.2) is 0 Å². The zero-order valence-corrected chi connectivity index (χ0v) is 15.4. The van der Waals surface area contributed by atoms with Crippen LogP contribution in [0.25, 0.3) is 0 Å². The van der Waals surface area contributed by atoms with Crippen molar-refractivity contribution in [3.63, 3.8) is 0 Å². The highest BCUT2D eigenvalue weighted by atomic mass is 28.4. The molecule has 2 rings (SSSR count). The first kappa shape index (κ1) is 17.7. The third-order valence-corrected chi connectivity index (χ3v) is 8.49. The summed E-state index contributed by atoms with van der Waals surface area (Å²) in [5, 5.41) is 0. The summed E-state index contributed by atoms with van der Waals surface area (Å²) in [5.74, 6) is 0. The van der Waals surface area contributed by atoms with E-state index in [1.165, 1.54) is 44.1 Å². The lowest BCUT2D eigenvalue weighted by Gasteiger charge is -2.40. The molecule has 1 aliphatic rings. The number of nitrogens with zero attached hydrogens (tertiary/aromatic N) is 1. The molecule has 1 aromatic carbocycles. The summed E-state index contributed by atoms with van der Waals surface area (Å²) in [6.45, 7) is 4.36. The van der Waals surface area contributed by atoms with Crippen molar-refractivity contribution in [2.75, 3.05) is 20.8 Å². The molecule has 0 aromatic heterocycles. The van der Waals surface area contributed by atoms with Crippen LogP contribution in [0.15, 0.2) is 30.3 Å². The molecule has 22 heavy (non-hydrogen) atoms. The van der Waals surface area contributed by atoms with E-state index < -0.39 is 8.56 Å². The minimum Gasteiger partial charge on any atom is -0.397 e. The fraction of sp³-hybridized carbons (Fsp3) is 0.667. The smallest absolute Gasteiger partial charge is 0.352 e. The van der Waals surface area contributed by atoms with Gasteiger partial charge in [0.1, 0.15) is 0 Å². The van der Waals surface area contributed by atoms with E-state index in [0.717, 1.165) is 13.1 Å². The topological polar surface area (TPSA) is 21.7 Å². The lowest BCUT2D eigenvalue weighted by atomic mass is 10.1. The molecule has 124 valence electrons. The van der Waals surface area contributed by atoms with E-state index in [1.54, 1.807) is 0 Å². The second-order valence-electron chi connectivity index (χ2n) is 6.45. The minimum absolute atomic E-state index is 0.431. The highest BCUT2D eigenvalue weighted by Crippen LogP contribution is 2.26. The average Bonchev–Trinajstić information content (AvgIpc) is 2.68. The quantitative estimate of drug-likeness (QED) is 0.762. The zero-order chi connectivity index (χ0) is 15.8. The van der Waals surface area contributed by atoms with Crippen LogP contribution in [0.5, 0.6) is 0 Å². The molecule has 1 heterocycles. The van der Waals surface area contributed by atoms with Gasteiger partial charge in [0, 0.05) is 20.8 Å². The third kappa shape index (κ3) is 4.65. The van der Waals surface area contributed by atoms with E-state index in [-0.39, 0.29) is 0 Å². The Kier molecular flexibility index (Phi) is 7.08. The van der Waals surface area contributed by atoms with Gasteiger partial charge in [-0.1, -0.05) is 56.0 Å². The lowest BCUT2D eigenvalue weighted by molar-refractivity contribution is 0.150. The Morgan fingerprint density at radius 2 is 1.64 bits per heavy atom. The molecule has 0 saturated carbocycles. The SMILES string of the molecule is CO[Si](C)(OC)C1CCCCCCCN1Cc1ccccc1. The summed E-state index contributed by atoms with van der Waals surface area (Å²) in [7, 11) is 1.48. The van der Waals surface area contributed by atoms with Gasteiger partial charge in [0.05, 0.1) is 5.67 Å². The Morgan fingerprint density at radius 3 is 2.32 bits per heavy atom. The van der Waals surface area contributed by atoms with Gasteiger partial charge in [-0.2, -0.15) is 0 Å². The van der Waals surface area contributed by atoms with Crippen LogP contribution >= 0.6 is 0 Å². The third-order valence-electron chi connectivity index (χ3n) is 5.01. The van der Waals surface area contributed by atoms with Crippen molar-refractivity contribution in [1.82, 2.24) is 4.90 Å². The van der Waals surface area contributed by atoms with Crippen molar-refractivity contribution < 1.29 is 8.85 Å². The van der Waals surface area contributed by atoms with Gasteiger partial charge in [0.25, 0.3) is 0 Å². The van der Waals surface area contributed by atoms with Gasteiger partial charge in [-0.25, -0.2) is 0 Å². The van der Waals surface area contributed by atoms with Crippen LogP contribution in [0.3, 0.4) is 0 Å². The fourth-order valence-electron chi connectivity index (χ4n) is 3.48. The van der Waals surface area contributed by atoms with Gasteiger partial charge in [0.2, 0.25) is 0 Å². The molecule has 1 fully saturated rings. The zero-order valence-electron chi connectivity index (χ0n) is 14.4. The number of hydrogen-bond donors (Lipinski definition) is 0. The standard InChI is InChI=1S/C18H31NO2Si/c1-20-22(3,21-2)18-14-10-5-4-6-11-15-19(18)16-17-12-8-7-9-13-17/h7-9,12-13,18H,4-6,10-11,14-16H2,1-3H3. The number of benzene rings is 1. The molecule has 0 radical (unpaired) electrons. The Hall–Kier alpha value is -0.683. The van der Waals surface area contributed by atoms with Gasteiger partial charge >= 0.3 is 8.56 Å². The van der Waals surface area contributed by atoms with E-state index in [1.807, 2.05) is 14.2 Å². The Bertz CT molecular complexity index is 422. The van der Waals surface area contributed by atoms with E-state index in [9.17, 15) is 0 Å². The van der Waals surface area contributed by atoms with Crippen molar-refractivity contribution in [1.29, 1.82) is 0 Å². The molecule has 1 aliphatic heterocycles. The van der Waals surface area contributed by atoms with Gasteiger partial charge in [-0.05, 0) is 31.5 Å². The van der Waals surface area contributed by atoms with Crippen LogP contribution in [0.2, 0.25) is 6.55 Å². The summed E-state index contributed by atoms with van der Waals surface area (Å²) in [4.78, 5) is 2.62. The normalized spacial score (nSPS) is 21.9. The van der Waals surface area contributed by atoms with Crippen molar-refractivity contribution >= 4 is 8.56 Å². The first-order chi connectivity index (χ1) is 10.7. The summed E-state index contributed by atoms with van der Waals surface area (Å²) in [5.41, 5.74) is 1.82. The molecule has 4 heteroatoms. The first-order valence-corrected chi connectivity index (χ1v) is 11.0. The monoisotopic (exact) mass is 321 g/mol. The molecule has 1 aromatic rings. The second-order valence-corrected chi connectivity index (χ2v) is 9.97. The van der Waals surface area contributed by atoms with Crippen LogP contribution in [-0.2, 0) is 15.4 Å². The predicted octanol–water partition coefficient (Wildman–Crippen LogP) is 4.12. The van der Waals surface area contributed by atoms with Gasteiger partial charge < -0.3 is 8.85 Å². The summed E-state index contributed by atoms with van der Waals surface area (Å²) in [6.07, 6.45) is 7.80. The lowest BCUT2D eigenvalue weighted by Crippen LogP contribution is -2.57. The van der Waals surface area contributed by atoms with Crippen molar-refractivity contribution in [3.05, 3.63) is 35.9 Å². The Labute approximate surface area is 136 Å². The average molecular weight is 322 g/mol. The van der Waals surface area contributed by atoms with Crippen LogP contribution in [0, 0.1) is 0 Å². The highest BCUT2D eigenvalue weighted by molar-refractivity contribution is 6.67. The molecule has 1 saturated heterocycles. The molecule has 0 amide bonds. The molecule has 0 spiro atoms. The molecular weight excluding hydrogens is 290 g/mol. The number of hydrogen-bond acceptors (Lipinski definition) is 3. The van der Waals surface area contributed by atoms with E-state index in [2.05, 4.69) is 41.8 Å². The second kappa shape index (κ2) is 8.82. The first-order valence-electron chi connectivity index (χ1n) is 8.58. The molecule has 0 aliphatic carbocycles. The van der Waals surface area contributed by atoms with E-state index in [4.69, 9.17) is 8.85 Å². The minimum atomic E-state index is -2.16. The molecule has 0 bridgehead atoms. The maximum atomic E-state index is 5.91. The number of rotatable bonds is 5. The molecule has 0 N–H and O–H groups in total. The van der Waals surface area contributed by atoms with Crippen LogP contribution < -0.4 is 0 Å². The highest BCUT2D eigenvalue weighted by Gasteiger charge is 2.42. The van der Waals surface area contributed by atoms with Crippen molar-refractivity contribution in [2.24, 2.45) is 0 Å². The fourth-order valence-corrected chi connectivity index (χ4v) is 5.80. The summed E-state index contributed by atoms with van der Waals surface area (Å²) in [6, 6.07) is 10.8. The van der Waals surface area contributed by atoms with E-state index >= 15 is 0 Å². The Morgan fingerprint density at radius 1 is 1.00 bits per heavy atom. The van der Waals surface area contributed by atoms with E-state index in [0.29, 0.717) is 5.67 Å². The van der Waals surface area contributed by atoms with Crippen molar-refractivity contribution in [2.45, 2.75) is 57.3 Å². The van der Waals surface area contributed by atoms with Gasteiger partial charge in [-0.15, -0.1) is 0 Å². The van der Waals surface area contributed by atoms with Crippen molar-refractivity contribution in [3.8, 4) is 0 Å². The Balaban J connectivity index is 2.20. The maximum Gasteiger partial charge on any atom is 0.352 e. The largest absolute Gasteiger partial charge is 0.397 e. The summed E-state index contributed by atoms with van der Waals surface area (Å²) < 4.78 is 11.8. The molecular formula is C18H31NO2Si. The van der Waals surface area contributed by atoms with Crippen LogP contribution in [0.4, 0.5) is 0 Å². The summed E-state index contributed by atoms with van der Waals surface area (Å²) >= 11 is 0. The molecule has 1 atom stereocenters. The van der Waals surface area contributed by atoms with Gasteiger partial charge in [-0.3, -0.25) is 4.90 Å². The molecule has 1 unspecified atom stereocenters. The molecule has 3 nitrogen and oxygen atoms in total. The predicted molar refractivity (Wildman–Crippen MR) is 94.0 cm³/mol. The van der Waals surface area contributed by atoms with Crippen LogP contribution in [0.1, 0.15) is 44.1 Å². The van der Waals surface area contributed by atoms with Crippen LogP contribution in [-0.4, -0.2) is 39.9 Å². The maximum absolute atomic E-state index is 5.91.